The number of amides is 2. The first-order valence-electron chi connectivity index (χ1n) is 10.2. The maximum absolute atomic E-state index is 12.6. The molecule has 1 fully saturated rings. The van der Waals surface area contributed by atoms with Crippen LogP contribution in [0.1, 0.15) is 22.5 Å². The van der Waals surface area contributed by atoms with Crippen LogP contribution in [-0.4, -0.2) is 52.9 Å². The zero-order valence-corrected chi connectivity index (χ0v) is 18.8. The fraction of sp³-hybridized carbons (Fsp3) is 0.273. The van der Waals surface area contributed by atoms with Gasteiger partial charge in [0.05, 0.1) is 5.69 Å². The van der Waals surface area contributed by atoms with Crippen LogP contribution in [0.4, 0.5) is 10.8 Å². The Labute approximate surface area is 193 Å². The summed E-state index contributed by atoms with van der Waals surface area (Å²) < 4.78 is 0. The number of hydrogen-bond donors (Lipinski definition) is 2. The minimum atomic E-state index is -0.513. The number of nitrogens with zero attached hydrogens (tertiary/aromatic N) is 3. The number of piperazine rings is 1. The summed E-state index contributed by atoms with van der Waals surface area (Å²) in [6, 6.07) is 10.8. The van der Waals surface area contributed by atoms with Crippen LogP contribution >= 0.6 is 22.9 Å². The van der Waals surface area contributed by atoms with Crippen molar-refractivity contribution in [1.29, 1.82) is 0 Å². The molecule has 3 heterocycles. The molecule has 0 radical (unpaired) electrons. The molecule has 1 aromatic carbocycles. The van der Waals surface area contributed by atoms with E-state index in [0.717, 1.165) is 24.5 Å². The van der Waals surface area contributed by atoms with Crippen LogP contribution in [0.5, 0.6) is 0 Å². The molecule has 32 heavy (non-hydrogen) atoms. The van der Waals surface area contributed by atoms with Crippen LogP contribution in [-0.2, 0) is 11.2 Å². The van der Waals surface area contributed by atoms with Crippen molar-refractivity contribution in [3.8, 4) is 0 Å². The van der Waals surface area contributed by atoms with Gasteiger partial charge in [-0.15, -0.1) is 11.3 Å². The zero-order valence-electron chi connectivity index (χ0n) is 17.2. The number of nitrogens with one attached hydrogen (secondary N) is 2. The molecule has 1 aliphatic rings. The standard InChI is InChI=1S/C22H22ClN5O3S/c23-15-3-1-4-17(13-15)27-9-11-28(12-10-27)19(29)7-6-16-14-32-22(25-16)26-21(31)18-5-2-8-24-20(18)30/h1-5,8,13-14H,6-7,9-12H2,(H,24,30)(H,25,26,31). The van der Waals surface area contributed by atoms with Crippen molar-refractivity contribution in [2.75, 3.05) is 36.4 Å². The van der Waals surface area contributed by atoms with Gasteiger partial charge in [-0.05, 0) is 36.8 Å². The number of pyridine rings is 1. The van der Waals surface area contributed by atoms with E-state index in [2.05, 4.69) is 20.2 Å². The Morgan fingerprint density at radius 1 is 1.16 bits per heavy atom. The number of carbonyl (C=O) groups excluding carboxylic acids is 2. The minimum absolute atomic E-state index is 0.0244. The summed E-state index contributed by atoms with van der Waals surface area (Å²) in [5.74, 6) is -0.424. The van der Waals surface area contributed by atoms with E-state index in [1.807, 2.05) is 34.5 Å². The molecule has 2 N–H and O–H groups in total. The summed E-state index contributed by atoms with van der Waals surface area (Å²) in [4.78, 5) is 47.5. The molecule has 0 atom stereocenters. The van der Waals surface area contributed by atoms with Crippen LogP contribution in [0.2, 0.25) is 5.02 Å². The zero-order chi connectivity index (χ0) is 22.5. The molecule has 0 saturated carbocycles. The van der Waals surface area contributed by atoms with Crippen LogP contribution < -0.4 is 15.8 Å². The third-order valence-corrected chi connectivity index (χ3v) is 6.28. The van der Waals surface area contributed by atoms with Crippen LogP contribution in [0.25, 0.3) is 0 Å². The lowest BCUT2D eigenvalue weighted by atomic mass is 10.2. The number of hydrogen-bond acceptors (Lipinski definition) is 6. The van der Waals surface area contributed by atoms with Gasteiger partial charge in [0.15, 0.2) is 5.13 Å². The minimum Gasteiger partial charge on any atom is -0.368 e. The summed E-state index contributed by atoms with van der Waals surface area (Å²) in [7, 11) is 0. The second-order valence-electron chi connectivity index (χ2n) is 7.36. The number of benzene rings is 1. The second kappa shape index (κ2) is 9.97. The molecule has 1 aliphatic heterocycles. The highest BCUT2D eigenvalue weighted by atomic mass is 35.5. The van der Waals surface area contributed by atoms with Gasteiger partial charge in [-0.3, -0.25) is 19.7 Å². The van der Waals surface area contributed by atoms with Gasteiger partial charge in [0.25, 0.3) is 11.5 Å². The van der Waals surface area contributed by atoms with E-state index in [4.69, 9.17) is 11.6 Å². The average molecular weight is 472 g/mol. The van der Waals surface area contributed by atoms with E-state index in [0.29, 0.717) is 36.1 Å². The highest BCUT2D eigenvalue weighted by molar-refractivity contribution is 7.14. The predicted molar refractivity (Wildman–Crippen MR) is 126 cm³/mol. The third kappa shape index (κ3) is 5.35. The molecule has 2 amide bonds. The third-order valence-electron chi connectivity index (χ3n) is 5.24. The lowest BCUT2D eigenvalue weighted by Crippen LogP contribution is -2.48. The first-order valence-corrected chi connectivity index (χ1v) is 11.5. The van der Waals surface area contributed by atoms with E-state index in [-0.39, 0.29) is 11.5 Å². The van der Waals surface area contributed by atoms with Crippen molar-refractivity contribution >= 4 is 45.6 Å². The maximum atomic E-state index is 12.6. The largest absolute Gasteiger partial charge is 0.368 e. The number of anilines is 2. The number of carbonyl (C=O) groups is 2. The van der Waals surface area contributed by atoms with Gasteiger partial charge >= 0.3 is 0 Å². The molecule has 1 saturated heterocycles. The van der Waals surface area contributed by atoms with Gasteiger partial charge in [-0.1, -0.05) is 17.7 Å². The fourth-order valence-corrected chi connectivity index (χ4v) is 4.45. The van der Waals surface area contributed by atoms with Crippen LogP contribution in [0, 0.1) is 0 Å². The molecular formula is C22H22ClN5O3S. The Morgan fingerprint density at radius 2 is 1.97 bits per heavy atom. The molecule has 0 aliphatic carbocycles. The van der Waals surface area contributed by atoms with Gasteiger partial charge < -0.3 is 14.8 Å². The first kappa shape index (κ1) is 22.0. The normalized spacial score (nSPS) is 13.8. The Kier molecular flexibility index (Phi) is 6.87. The van der Waals surface area contributed by atoms with Crippen molar-refractivity contribution in [2.45, 2.75) is 12.8 Å². The van der Waals surface area contributed by atoms with E-state index in [1.54, 1.807) is 6.07 Å². The molecule has 166 valence electrons. The smallest absolute Gasteiger partial charge is 0.263 e. The lowest BCUT2D eigenvalue weighted by molar-refractivity contribution is -0.131. The van der Waals surface area contributed by atoms with Gasteiger partial charge in [0.1, 0.15) is 5.56 Å². The molecule has 0 unspecified atom stereocenters. The fourth-order valence-electron chi connectivity index (χ4n) is 3.52. The van der Waals surface area contributed by atoms with Crippen LogP contribution in [0.15, 0.2) is 52.8 Å². The molecule has 3 aromatic rings. The summed E-state index contributed by atoms with van der Waals surface area (Å²) >= 11 is 7.34. The number of thiazole rings is 1. The number of halogens is 1. The van der Waals surface area contributed by atoms with E-state index in [1.165, 1.54) is 23.6 Å². The number of aryl methyl sites for hydroxylation is 1. The predicted octanol–water partition coefficient (Wildman–Crippen LogP) is 3.02. The summed E-state index contributed by atoms with van der Waals surface area (Å²) in [6.07, 6.45) is 2.31. The molecule has 0 spiro atoms. The second-order valence-corrected chi connectivity index (χ2v) is 8.65. The Balaban J connectivity index is 1.25. The summed E-state index contributed by atoms with van der Waals surface area (Å²) in [5, 5.41) is 5.55. The van der Waals surface area contributed by atoms with Gasteiger partial charge in [0.2, 0.25) is 5.91 Å². The van der Waals surface area contributed by atoms with Gasteiger partial charge in [0, 0.05) is 54.9 Å². The molecule has 8 nitrogen and oxygen atoms in total. The van der Waals surface area contributed by atoms with Gasteiger partial charge in [-0.2, -0.15) is 0 Å². The number of H-pyrrole nitrogens is 1. The average Bonchev–Trinajstić information content (AvgIpc) is 3.25. The quantitative estimate of drug-likeness (QED) is 0.575. The van der Waals surface area contributed by atoms with E-state index < -0.39 is 11.5 Å². The first-order chi connectivity index (χ1) is 15.5. The van der Waals surface area contributed by atoms with Crippen molar-refractivity contribution in [3.63, 3.8) is 0 Å². The van der Waals surface area contributed by atoms with E-state index >= 15 is 0 Å². The number of rotatable bonds is 6. The Hall–Kier alpha value is -3.17. The molecule has 2 aromatic heterocycles. The number of aromatic nitrogens is 2. The topological polar surface area (TPSA) is 98.4 Å². The lowest BCUT2D eigenvalue weighted by Gasteiger charge is -2.36. The monoisotopic (exact) mass is 471 g/mol. The maximum Gasteiger partial charge on any atom is 0.263 e. The Bertz CT molecular complexity index is 1170. The molecule has 4 rings (SSSR count). The van der Waals surface area contributed by atoms with E-state index in [9.17, 15) is 14.4 Å². The van der Waals surface area contributed by atoms with Crippen molar-refractivity contribution < 1.29 is 9.59 Å². The highest BCUT2D eigenvalue weighted by Gasteiger charge is 2.21. The Morgan fingerprint density at radius 3 is 2.72 bits per heavy atom. The summed E-state index contributed by atoms with van der Waals surface area (Å²) in [6.45, 7) is 2.85. The number of aromatic amines is 1. The van der Waals surface area contributed by atoms with Crippen molar-refractivity contribution in [1.82, 2.24) is 14.9 Å². The summed E-state index contributed by atoms with van der Waals surface area (Å²) in [5.41, 5.74) is 1.37. The molecular weight excluding hydrogens is 450 g/mol. The SMILES string of the molecule is O=C(Nc1nc(CCC(=O)N2CCN(c3cccc(Cl)c3)CC2)cs1)c1ccc[nH]c1=O. The molecule has 0 bridgehead atoms. The van der Waals surface area contributed by atoms with Gasteiger partial charge in [-0.25, -0.2) is 4.98 Å². The highest BCUT2D eigenvalue weighted by Crippen LogP contribution is 2.21. The van der Waals surface area contributed by atoms with Crippen molar-refractivity contribution in [2.24, 2.45) is 0 Å². The van der Waals surface area contributed by atoms with Crippen LogP contribution in [0.3, 0.4) is 0 Å². The molecule has 10 heteroatoms. The van der Waals surface area contributed by atoms with Crippen molar-refractivity contribution in [3.05, 3.63) is 74.6 Å².